The first-order chi connectivity index (χ1) is 8.63. The molecule has 5 heteroatoms. The highest BCUT2D eigenvalue weighted by atomic mass is 35.5. The number of nitrogens with zero attached hydrogens (tertiary/aromatic N) is 1. The molecule has 0 atom stereocenters. The summed E-state index contributed by atoms with van der Waals surface area (Å²) in [6.45, 7) is 2.00. The van der Waals surface area contributed by atoms with Gasteiger partial charge in [0.1, 0.15) is 6.10 Å². The molecule has 19 heavy (non-hydrogen) atoms. The second kappa shape index (κ2) is 7.73. The summed E-state index contributed by atoms with van der Waals surface area (Å²) in [4.78, 5) is 14.0. The third-order valence-corrected chi connectivity index (χ3v) is 3.48. The van der Waals surface area contributed by atoms with Gasteiger partial charge in [0.25, 0.3) is 0 Å². The molecule has 106 valence electrons. The van der Waals surface area contributed by atoms with Crippen LogP contribution in [-0.4, -0.2) is 37.1 Å². The first-order valence-corrected chi connectivity index (χ1v) is 6.64. The van der Waals surface area contributed by atoms with E-state index in [4.69, 9.17) is 16.3 Å². The number of halogens is 2. The molecule has 0 aliphatic carbocycles. The molecule has 0 N–H and O–H groups in total. The smallest absolute Gasteiger partial charge is 0.310 e. The summed E-state index contributed by atoms with van der Waals surface area (Å²) in [5.74, 6) is -0.146. The standard InChI is InChI=1S/C14H18ClNO2.ClH/c1-16-8-6-13(7-9-16)18-14(17)10-11-2-4-12(15)5-3-11;/h2-5,13H,6-10H2,1H3;1H. The van der Waals surface area contributed by atoms with Gasteiger partial charge in [-0.05, 0) is 37.6 Å². The van der Waals surface area contributed by atoms with Gasteiger partial charge >= 0.3 is 5.97 Å². The molecule has 0 aromatic heterocycles. The second-order valence-electron chi connectivity index (χ2n) is 4.80. The van der Waals surface area contributed by atoms with Crippen LogP contribution >= 0.6 is 24.0 Å². The average molecular weight is 304 g/mol. The van der Waals surface area contributed by atoms with Crippen LogP contribution in [0.2, 0.25) is 5.02 Å². The zero-order valence-corrected chi connectivity index (χ0v) is 12.5. The lowest BCUT2D eigenvalue weighted by Gasteiger charge is -2.28. The topological polar surface area (TPSA) is 29.5 Å². The fourth-order valence-corrected chi connectivity index (χ4v) is 2.23. The van der Waals surface area contributed by atoms with Crippen LogP contribution in [0, 0.1) is 0 Å². The van der Waals surface area contributed by atoms with E-state index < -0.39 is 0 Å². The summed E-state index contributed by atoms with van der Waals surface area (Å²) in [5.41, 5.74) is 0.942. The van der Waals surface area contributed by atoms with Crippen LogP contribution in [-0.2, 0) is 16.0 Å². The SMILES string of the molecule is CN1CCC(OC(=O)Cc2ccc(Cl)cc2)CC1.Cl. The van der Waals surface area contributed by atoms with Gasteiger partial charge in [0.2, 0.25) is 0 Å². The van der Waals surface area contributed by atoms with Gasteiger partial charge in [0.05, 0.1) is 6.42 Å². The number of carbonyl (C=O) groups is 1. The van der Waals surface area contributed by atoms with E-state index in [0.717, 1.165) is 31.5 Å². The van der Waals surface area contributed by atoms with Crippen molar-refractivity contribution in [3.63, 3.8) is 0 Å². The summed E-state index contributed by atoms with van der Waals surface area (Å²) in [6, 6.07) is 7.30. The Morgan fingerprint density at radius 2 is 1.89 bits per heavy atom. The Morgan fingerprint density at radius 3 is 2.47 bits per heavy atom. The highest BCUT2D eigenvalue weighted by Crippen LogP contribution is 2.14. The number of piperidine rings is 1. The molecule has 0 spiro atoms. The number of esters is 1. The molecule has 1 heterocycles. The number of benzene rings is 1. The van der Waals surface area contributed by atoms with E-state index in [0.29, 0.717) is 11.4 Å². The summed E-state index contributed by atoms with van der Waals surface area (Å²) in [6.07, 6.45) is 2.27. The molecule has 0 saturated carbocycles. The Bertz CT molecular complexity index is 400. The van der Waals surface area contributed by atoms with Crippen LogP contribution < -0.4 is 0 Å². The number of rotatable bonds is 3. The highest BCUT2D eigenvalue weighted by molar-refractivity contribution is 6.30. The maximum absolute atomic E-state index is 11.8. The lowest BCUT2D eigenvalue weighted by Crippen LogP contribution is -2.35. The first kappa shape index (κ1) is 16.3. The van der Waals surface area contributed by atoms with Crippen molar-refractivity contribution in [2.75, 3.05) is 20.1 Å². The summed E-state index contributed by atoms with van der Waals surface area (Å²) < 4.78 is 5.48. The zero-order valence-electron chi connectivity index (χ0n) is 11.0. The molecular weight excluding hydrogens is 285 g/mol. The molecule has 0 unspecified atom stereocenters. The van der Waals surface area contributed by atoms with Crippen molar-refractivity contribution >= 4 is 30.0 Å². The van der Waals surface area contributed by atoms with Gasteiger partial charge in [-0.1, -0.05) is 23.7 Å². The van der Waals surface area contributed by atoms with Crippen molar-refractivity contribution in [1.82, 2.24) is 4.90 Å². The first-order valence-electron chi connectivity index (χ1n) is 6.26. The molecule has 3 nitrogen and oxygen atoms in total. The van der Waals surface area contributed by atoms with Gasteiger partial charge in [-0.25, -0.2) is 0 Å². The Labute approximate surface area is 125 Å². The molecule has 0 radical (unpaired) electrons. The minimum Gasteiger partial charge on any atom is -0.462 e. The van der Waals surface area contributed by atoms with Crippen molar-refractivity contribution in [3.8, 4) is 0 Å². The number of hydrogen-bond donors (Lipinski definition) is 0. The number of likely N-dealkylation sites (tertiary alicyclic amines) is 1. The zero-order chi connectivity index (χ0) is 13.0. The summed E-state index contributed by atoms with van der Waals surface area (Å²) in [7, 11) is 2.09. The van der Waals surface area contributed by atoms with E-state index >= 15 is 0 Å². The quantitative estimate of drug-likeness (QED) is 0.804. The van der Waals surface area contributed by atoms with Crippen LogP contribution in [0.1, 0.15) is 18.4 Å². The van der Waals surface area contributed by atoms with Crippen LogP contribution in [0.3, 0.4) is 0 Å². The molecule has 0 bridgehead atoms. The van der Waals surface area contributed by atoms with Crippen molar-refractivity contribution in [1.29, 1.82) is 0 Å². The van der Waals surface area contributed by atoms with Gasteiger partial charge in [0, 0.05) is 18.1 Å². The fourth-order valence-electron chi connectivity index (χ4n) is 2.10. The fraction of sp³-hybridized carbons (Fsp3) is 0.500. The van der Waals surface area contributed by atoms with Crippen LogP contribution in [0.4, 0.5) is 0 Å². The summed E-state index contributed by atoms with van der Waals surface area (Å²) >= 11 is 5.80. The molecule has 1 aliphatic heterocycles. The summed E-state index contributed by atoms with van der Waals surface area (Å²) in [5, 5.41) is 0.683. The van der Waals surface area contributed by atoms with Crippen LogP contribution in [0.25, 0.3) is 0 Å². The van der Waals surface area contributed by atoms with E-state index in [1.54, 1.807) is 12.1 Å². The molecule has 1 aliphatic rings. The van der Waals surface area contributed by atoms with Crippen molar-refractivity contribution in [2.45, 2.75) is 25.4 Å². The molecule has 0 amide bonds. The lowest BCUT2D eigenvalue weighted by molar-refractivity contribution is -0.150. The lowest BCUT2D eigenvalue weighted by atomic mass is 10.1. The molecule has 2 rings (SSSR count). The second-order valence-corrected chi connectivity index (χ2v) is 5.23. The number of carbonyl (C=O) groups excluding carboxylic acids is 1. The highest BCUT2D eigenvalue weighted by Gasteiger charge is 2.20. The maximum Gasteiger partial charge on any atom is 0.310 e. The Balaban J connectivity index is 0.00000180. The van der Waals surface area contributed by atoms with Crippen LogP contribution in [0.5, 0.6) is 0 Å². The number of ether oxygens (including phenoxy) is 1. The molecule has 1 saturated heterocycles. The van der Waals surface area contributed by atoms with Crippen LogP contribution in [0.15, 0.2) is 24.3 Å². The Morgan fingerprint density at radius 1 is 1.32 bits per heavy atom. The molecule has 1 fully saturated rings. The molecule has 1 aromatic carbocycles. The van der Waals surface area contributed by atoms with Crippen molar-refractivity contribution in [2.24, 2.45) is 0 Å². The predicted octanol–water partition coefficient (Wildman–Crippen LogP) is 2.94. The maximum atomic E-state index is 11.8. The monoisotopic (exact) mass is 303 g/mol. The predicted molar refractivity (Wildman–Crippen MR) is 79.0 cm³/mol. The normalized spacial score (nSPS) is 16.7. The van der Waals surface area contributed by atoms with Crippen molar-refractivity contribution in [3.05, 3.63) is 34.9 Å². The van der Waals surface area contributed by atoms with E-state index in [1.807, 2.05) is 12.1 Å². The van der Waals surface area contributed by atoms with E-state index in [9.17, 15) is 4.79 Å². The van der Waals surface area contributed by atoms with E-state index in [-0.39, 0.29) is 24.5 Å². The third kappa shape index (κ3) is 5.39. The Kier molecular flexibility index (Phi) is 6.63. The minimum atomic E-state index is -0.146. The molecule has 1 aromatic rings. The van der Waals surface area contributed by atoms with Gasteiger partial charge in [0.15, 0.2) is 0 Å². The van der Waals surface area contributed by atoms with Gasteiger partial charge in [-0.3, -0.25) is 4.79 Å². The van der Waals surface area contributed by atoms with Crippen molar-refractivity contribution < 1.29 is 9.53 Å². The van der Waals surface area contributed by atoms with Gasteiger partial charge in [-0.2, -0.15) is 0 Å². The van der Waals surface area contributed by atoms with E-state index in [2.05, 4.69) is 11.9 Å². The largest absolute Gasteiger partial charge is 0.462 e. The third-order valence-electron chi connectivity index (χ3n) is 3.23. The minimum absolute atomic E-state index is 0. The number of hydrogen-bond acceptors (Lipinski definition) is 3. The molecular formula is C14H19Cl2NO2. The van der Waals surface area contributed by atoms with Gasteiger partial charge in [-0.15, -0.1) is 12.4 Å². The average Bonchev–Trinajstić information content (AvgIpc) is 2.35. The van der Waals surface area contributed by atoms with Gasteiger partial charge < -0.3 is 9.64 Å². The Hall–Kier alpha value is -0.770. The van der Waals surface area contributed by atoms with E-state index in [1.165, 1.54) is 0 Å².